The number of benzene rings is 1. The van der Waals surface area contributed by atoms with Gasteiger partial charge in [-0.25, -0.2) is 0 Å². The standard InChI is InChI=1S/C23H34BN3O4/c1-16(28)21-5-2-4-18-14-19(24(30)31-23(18)21)15-20(29)8-7-17-9-12-27(13-10-17)11-3-6-22(25)26/h2,4-5,17,19,30H,3,6-15H2,1H3,(H3,25,26)/t19-/m1/s1. The van der Waals surface area contributed by atoms with E-state index in [-0.39, 0.29) is 23.2 Å². The number of amidine groups is 1. The number of hydrogen-bond donors (Lipinski definition) is 3. The summed E-state index contributed by atoms with van der Waals surface area (Å²) in [7, 11) is -1.06. The number of nitrogens with one attached hydrogen (secondary N) is 1. The molecule has 0 unspecified atom stereocenters. The molecule has 0 spiro atoms. The van der Waals surface area contributed by atoms with Crippen LogP contribution in [-0.4, -0.2) is 54.1 Å². The van der Waals surface area contributed by atoms with E-state index in [2.05, 4.69) is 4.90 Å². The summed E-state index contributed by atoms with van der Waals surface area (Å²) >= 11 is 0. The number of likely N-dealkylation sites (tertiary alicyclic amines) is 1. The molecule has 0 aromatic heterocycles. The van der Waals surface area contributed by atoms with Gasteiger partial charge in [-0.05, 0) is 76.2 Å². The van der Waals surface area contributed by atoms with Crippen LogP contribution in [0.2, 0.25) is 5.82 Å². The molecule has 1 fully saturated rings. The van der Waals surface area contributed by atoms with Crippen molar-refractivity contribution < 1.29 is 19.3 Å². The van der Waals surface area contributed by atoms with Crippen molar-refractivity contribution in [2.45, 2.75) is 64.1 Å². The molecule has 7 nitrogen and oxygen atoms in total. The quantitative estimate of drug-likeness (QED) is 0.229. The third-order valence-corrected chi connectivity index (χ3v) is 6.55. The molecule has 1 aromatic rings. The van der Waals surface area contributed by atoms with Gasteiger partial charge in [0.05, 0.1) is 11.4 Å². The number of rotatable bonds is 10. The fraction of sp³-hybridized carbons (Fsp3) is 0.609. The van der Waals surface area contributed by atoms with E-state index in [1.807, 2.05) is 12.1 Å². The van der Waals surface area contributed by atoms with E-state index >= 15 is 0 Å². The summed E-state index contributed by atoms with van der Waals surface area (Å²) in [5.41, 5.74) is 6.77. The van der Waals surface area contributed by atoms with Crippen LogP contribution in [0.3, 0.4) is 0 Å². The molecule has 31 heavy (non-hydrogen) atoms. The molecule has 1 aromatic carbocycles. The zero-order valence-corrected chi connectivity index (χ0v) is 18.4. The molecule has 0 bridgehead atoms. The van der Waals surface area contributed by atoms with Crippen LogP contribution in [0.5, 0.6) is 5.75 Å². The Hall–Kier alpha value is -2.19. The molecule has 2 heterocycles. The molecule has 168 valence electrons. The molecule has 1 saturated heterocycles. The van der Waals surface area contributed by atoms with Crippen LogP contribution in [0.15, 0.2) is 18.2 Å². The zero-order valence-electron chi connectivity index (χ0n) is 18.4. The van der Waals surface area contributed by atoms with Crippen LogP contribution in [0.1, 0.15) is 67.8 Å². The molecule has 1 atom stereocenters. The Bertz CT molecular complexity index is 808. The summed E-state index contributed by atoms with van der Waals surface area (Å²) in [6.07, 6.45) is 6.07. The highest BCUT2D eigenvalue weighted by molar-refractivity contribution is 6.47. The lowest BCUT2D eigenvalue weighted by molar-refractivity contribution is -0.119. The summed E-state index contributed by atoms with van der Waals surface area (Å²) in [5.74, 6) is 1.09. The van der Waals surface area contributed by atoms with E-state index in [1.54, 1.807) is 6.07 Å². The SMILES string of the molecule is CC(=O)c1cccc2c1OB(O)[C@@H](CC(=O)CCC1CCN(CCCC(=N)N)CC1)C2. The second kappa shape index (κ2) is 10.9. The molecule has 0 saturated carbocycles. The van der Waals surface area contributed by atoms with E-state index in [1.165, 1.54) is 6.92 Å². The highest BCUT2D eigenvalue weighted by Crippen LogP contribution is 2.36. The second-order valence-corrected chi connectivity index (χ2v) is 9.02. The van der Waals surface area contributed by atoms with Crippen molar-refractivity contribution in [3.05, 3.63) is 29.3 Å². The van der Waals surface area contributed by atoms with Crippen LogP contribution in [0, 0.1) is 11.3 Å². The smallest absolute Gasteiger partial charge is 0.526 e. The molecule has 8 heteroatoms. The van der Waals surface area contributed by atoms with Gasteiger partial charge in [0.1, 0.15) is 11.5 Å². The Morgan fingerprint density at radius 3 is 2.71 bits per heavy atom. The van der Waals surface area contributed by atoms with E-state index in [9.17, 15) is 14.6 Å². The van der Waals surface area contributed by atoms with Crippen LogP contribution in [-0.2, 0) is 11.2 Å². The molecule has 0 aliphatic carbocycles. The number of nitrogens with zero attached hydrogens (tertiary/aromatic N) is 1. The van der Waals surface area contributed by atoms with Crippen LogP contribution in [0.25, 0.3) is 0 Å². The number of hydrogen-bond acceptors (Lipinski definition) is 6. The van der Waals surface area contributed by atoms with Gasteiger partial charge in [-0.2, -0.15) is 0 Å². The van der Waals surface area contributed by atoms with Crippen molar-refractivity contribution in [2.24, 2.45) is 11.7 Å². The van der Waals surface area contributed by atoms with Crippen molar-refractivity contribution in [3.8, 4) is 5.75 Å². The average Bonchev–Trinajstić information content (AvgIpc) is 2.73. The minimum atomic E-state index is -1.06. The Balaban J connectivity index is 1.41. The second-order valence-electron chi connectivity index (χ2n) is 9.02. The van der Waals surface area contributed by atoms with Gasteiger partial charge in [-0.15, -0.1) is 0 Å². The highest BCUT2D eigenvalue weighted by atomic mass is 16.5. The van der Waals surface area contributed by atoms with Crippen molar-refractivity contribution >= 4 is 24.5 Å². The number of nitrogens with two attached hydrogens (primary N) is 1. The van der Waals surface area contributed by atoms with E-state index < -0.39 is 7.12 Å². The monoisotopic (exact) mass is 427 g/mol. The molecule has 2 aliphatic heterocycles. The summed E-state index contributed by atoms with van der Waals surface area (Å²) in [5, 5.41) is 17.7. The summed E-state index contributed by atoms with van der Waals surface area (Å²) < 4.78 is 5.65. The van der Waals surface area contributed by atoms with Gasteiger partial charge in [0.2, 0.25) is 0 Å². The summed E-state index contributed by atoms with van der Waals surface area (Å²) in [6.45, 7) is 4.55. The number of fused-ring (bicyclic) bond motifs is 1. The maximum absolute atomic E-state index is 12.6. The van der Waals surface area contributed by atoms with Crippen molar-refractivity contribution in [2.75, 3.05) is 19.6 Å². The van der Waals surface area contributed by atoms with Gasteiger partial charge in [0.15, 0.2) is 5.78 Å². The number of piperidine rings is 1. The number of Topliss-reactive ketones (excluding diaryl/α,β-unsaturated/α-hetero) is 2. The van der Waals surface area contributed by atoms with Crippen LogP contribution in [0.4, 0.5) is 0 Å². The fourth-order valence-corrected chi connectivity index (χ4v) is 4.69. The third kappa shape index (κ3) is 6.65. The predicted octanol–water partition coefficient (Wildman–Crippen LogP) is 2.84. The Kier molecular flexibility index (Phi) is 8.26. The van der Waals surface area contributed by atoms with Crippen LogP contribution < -0.4 is 10.4 Å². The highest BCUT2D eigenvalue weighted by Gasteiger charge is 2.37. The summed E-state index contributed by atoms with van der Waals surface area (Å²) in [4.78, 5) is 26.8. The number of carbonyl (C=O) groups excluding carboxylic acids is 2. The third-order valence-electron chi connectivity index (χ3n) is 6.55. The molecular formula is C23H34BN3O4. The minimum absolute atomic E-state index is 0.0940. The van der Waals surface area contributed by atoms with Crippen molar-refractivity contribution in [1.82, 2.24) is 4.90 Å². The maximum Gasteiger partial charge on any atom is 0.526 e. The first kappa shape index (κ1) is 23.5. The van der Waals surface area contributed by atoms with Gasteiger partial charge in [0.25, 0.3) is 0 Å². The van der Waals surface area contributed by atoms with Gasteiger partial charge >= 0.3 is 7.12 Å². The predicted molar refractivity (Wildman–Crippen MR) is 122 cm³/mol. The number of para-hydroxylation sites is 1. The molecular weight excluding hydrogens is 393 g/mol. The van der Waals surface area contributed by atoms with Crippen molar-refractivity contribution in [1.29, 1.82) is 5.41 Å². The van der Waals surface area contributed by atoms with Gasteiger partial charge in [-0.1, -0.05) is 12.1 Å². The normalized spacial score (nSPS) is 19.5. The van der Waals surface area contributed by atoms with Gasteiger partial charge in [-0.3, -0.25) is 15.0 Å². The maximum atomic E-state index is 12.6. The number of ketones is 2. The molecule has 4 N–H and O–H groups in total. The fourth-order valence-electron chi connectivity index (χ4n) is 4.69. The molecule has 0 amide bonds. The zero-order chi connectivity index (χ0) is 22.4. The lowest BCUT2D eigenvalue weighted by Crippen LogP contribution is -2.36. The topological polar surface area (TPSA) is 117 Å². The lowest BCUT2D eigenvalue weighted by Gasteiger charge is -2.32. The van der Waals surface area contributed by atoms with Crippen LogP contribution >= 0.6 is 0 Å². The van der Waals surface area contributed by atoms with E-state index in [0.29, 0.717) is 42.9 Å². The molecule has 0 radical (unpaired) electrons. The first-order valence-corrected chi connectivity index (χ1v) is 11.4. The van der Waals surface area contributed by atoms with Gasteiger partial charge < -0.3 is 20.3 Å². The lowest BCUT2D eigenvalue weighted by atomic mass is 9.64. The Morgan fingerprint density at radius 2 is 2.03 bits per heavy atom. The largest absolute Gasteiger partial charge is 0.535 e. The minimum Gasteiger partial charge on any atom is -0.535 e. The Morgan fingerprint density at radius 1 is 1.29 bits per heavy atom. The number of carbonyl (C=O) groups is 2. The van der Waals surface area contributed by atoms with Crippen molar-refractivity contribution in [3.63, 3.8) is 0 Å². The van der Waals surface area contributed by atoms with E-state index in [4.69, 9.17) is 15.8 Å². The first-order valence-electron chi connectivity index (χ1n) is 11.4. The first-order chi connectivity index (χ1) is 14.8. The van der Waals surface area contributed by atoms with E-state index in [0.717, 1.165) is 50.9 Å². The molecule has 2 aliphatic rings. The summed E-state index contributed by atoms with van der Waals surface area (Å²) in [6, 6.07) is 5.42. The average molecular weight is 427 g/mol. The Labute approximate surface area is 185 Å². The molecule has 3 rings (SSSR count). The van der Waals surface area contributed by atoms with Gasteiger partial charge in [0, 0.05) is 25.1 Å².